The van der Waals surface area contributed by atoms with Crippen LogP contribution in [0.2, 0.25) is 0 Å². The minimum atomic E-state index is 0.435. The van der Waals surface area contributed by atoms with Gasteiger partial charge in [0.1, 0.15) is 0 Å². The number of hydrogen-bond donors (Lipinski definition) is 0. The first-order valence-corrected chi connectivity index (χ1v) is 10.8. The van der Waals surface area contributed by atoms with Crippen molar-refractivity contribution < 1.29 is 4.74 Å². The van der Waals surface area contributed by atoms with Crippen LogP contribution >= 0.6 is 0 Å². The van der Waals surface area contributed by atoms with Crippen molar-refractivity contribution in [2.75, 3.05) is 6.61 Å². The molecule has 2 aromatic carbocycles. The summed E-state index contributed by atoms with van der Waals surface area (Å²) in [5, 5.41) is 9.38. The molecule has 4 nitrogen and oxygen atoms in total. The van der Waals surface area contributed by atoms with E-state index in [-0.39, 0.29) is 0 Å². The zero-order valence-electron chi connectivity index (χ0n) is 18.7. The van der Waals surface area contributed by atoms with Crippen molar-refractivity contribution in [1.29, 1.82) is 5.26 Å². The molecule has 0 bridgehead atoms. The number of benzene rings is 2. The SMILES string of the molecule is C=C/C=C\C=C(\COCc1cc(C#N)ccc1-c1ccc(-n2ccnc2)cc1)C(C)CC. The summed E-state index contributed by atoms with van der Waals surface area (Å²) in [6, 6.07) is 16.3. The van der Waals surface area contributed by atoms with Crippen molar-refractivity contribution in [3.05, 3.63) is 109 Å². The predicted octanol–water partition coefficient (Wildman–Crippen LogP) is 6.64. The standard InChI is InChI=1S/C28H29N3O/c1-4-6-7-8-25(22(3)5-2)19-32-20-26-17-23(18-29)9-14-28(26)24-10-12-27(13-11-24)31-16-15-30-21-31/h4,6-17,21-22H,1,5,19-20H2,2-3H3/b7-6-,25-8-. The summed E-state index contributed by atoms with van der Waals surface area (Å²) in [4.78, 5) is 4.10. The highest BCUT2D eigenvalue weighted by Gasteiger charge is 2.10. The van der Waals surface area contributed by atoms with E-state index < -0.39 is 0 Å². The van der Waals surface area contributed by atoms with E-state index in [1.807, 2.05) is 41.1 Å². The van der Waals surface area contributed by atoms with E-state index in [0.717, 1.165) is 28.8 Å². The molecule has 0 spiro atoms. The van der Waals surface area contributed by atoms with Crippen molar-refractivity contribution in [2.24, 2.45) is 5.92 Å². The van der Waals surface area contributed by atoms with Crippen LogP contribution in [0.5, 0.6) is 0 Å². The van der Waals surface area contributed by atoms with Crippen molar-refractivity contribution in [3.63, 3.8) is 0 Å². The zero-order chi connectivity index (χ0) is 22.8. The number of aromatic nitrogens is 2. The highest BCUT2D eigenvalue weighted by molar-refractivity contribution is 5.69. The summed E-state index contributed by atoms with van der Waals surface area (Å²) in [6.07, 6.45) is 14.3. The van der Waals surface area contributed by atoms with Crippen LogP contribution in [0.3, 0.4) is 0 Å². The molecule has 1 heterocycles. The molecule has 0 saturated heterocycles. The predicted molar refractivity (Wildman–Crippen MR) is 130 cm³/mol. The molecule has 1 unspecified atom stereocenters. The molecule has 0 radical (unpaired) electrons. The van der Waals surface area contributed by atoms with Gasteiger partial charge >= 0.3 is 0 Å². The molecule has 1 aromatic heterocycles. The quantitative estimate of drug-likeness (QED) is 0.343. The van der Waals surface area contributed by atoms with E-state index in [1.165, 1.54) is 5.57 Å². The maximum Gasteiger partial charge on any atom is 0.0991 e. The van der Waals surface area contributed by atoms with Gasteiger partial charge < -0.3 is 9.30 Å². The molecule has 0 aliphatic carbocycles. The second kappa shape index (κ2) is 11.6. The minimum absolute atomic E-state index is 0.435. The van der Waals surface area contributed by atoms with Crippen molar-refractivity contribution >= 4 is 0 Å². The van der Waals surface area contributed by atoms with E-state index >= 15 is 0 Å². The lowest BCUT2D eigenvalue weighted by atomic mass is 9.97. The fourth-order valence-electron chi connectivity index (χ4n) is 3.44. The third-order valence-electron chi connectivity index (χ3n) is 5.54. The van der Waals surface area contributed by atoms with Crippen molar-refractivity contribution in [3.8, 4) is 22.9 Å². The molecule has 0 fully saturated rings. The zero-order valence-corrected chi connectivity index (χ0v) is 18.7. The number of ether oxygens (including phenoxy) is 1. The monoisotopic (exact) mass is 423 g/mol. The molecule has 0 N–H and O–H groups in total. The topological polar surface area (TPSA) is 50.8 Å². The van der Waals surface area contributed by atoms with E-state index in [4.69, 9.17) is 4.74 Å². The minimum Gasteiger partial charge on any atom is -0.372 e. The van der Waals surface area contributed by atoms with Gasteiger partial charge in [0.05, 0.1) is 31.2 Å². The van der Waals surface area contributed by atoms with Gasteiger partial charge in [-0.25, -0.2) is 4.98 Å². The van der Waals surface area contributed by atoms with Crippen LogP contribution in [0.15, 0.2) is 97.6 Å². The Morgan fingerprint density at radius 2 is 2.03 bits per heavy atom. The third kappa shape index (κ3) is 5.94. The van der Waals surface area contributed by atoms with Crippen LogP contribution < -0.4 is 0 Å². The molecule has 3 rings (SSSR count). The molecule has 1 atom stereocenters. The average molecular weight is 424 g/mol. The Hall–Kier alpha value is -3.68. The van der Waals surface area contributed by atoms with Crippen molar-refractivity contribution in [1.82, 2.24) is 9.55 Å². The smallest absolute Gasteiger partial charge is 0.0991 e. The Morgan fingerprint density at radius 3 is 2.69 bits per heavy atom. The highest BCUT2D eigenvalue weighted by Crippen LogP contribution is 2.27. The van der Waals surface area contributed by atoms with Gasteiger partial charge in [0.25, 0.3) is 0 Å². The van der Waals surface area contributed by atoms with Crippen LogP contribution in [0, 0.1) is 17.2 Å². The van der Waals surface area contributed by atoms with Crippen molar-refractivity contribution in [2.45, 2.75) is 26.9 Å². The number of nitriles is 1. The lowest BCUT2D eigenvalue weighted by Gasteiger charge is -2.16. The second-order valence-electron chi connectivity index (χ2n) is 7.66. The molecular weight excluding hydrogens is 394 g/mol. The Bertz CT molecular complexity index is 1120. The lowest BCUT2D eigenvalue weighted by Crippen LogP contribution is -2.07. The summed E-state index contributed by atoms with van der Waals surface area (Å²) in [5.74, 6) is 0.435. The van der Waals surface area contributed by atoms with Gasteiger partial charge in [0.15, 0.2) is 0 Å². The van der Waals surface area contributed by atoms with E-state index in [9.17, 15) is 5.26 Å². The van der Waals surface area contributed by atoms with Crippen LogP contribution in [0.4, 0.5) is 0 Å². The van der Waals surface area contributed by atoms with Gasteiger partial charge in [-0.15, -0.1) is 0 Å². The normalized spacial score (nSPS) is 12.6. The number of allylic oxidation sites excluding steroid dienone is 4. The third-order valence-corrected chi connectivity index (χ3v) is 5.54. The first kappa shape index (κ1) is 23.0. The number of imidazole rings is 1. The summed E-state index contributed by atoms with van der Waals surface area (Å²) in [5.41, 5.74) is 6.09. The fourth-order valence-corrected chi connectivity index (χ4v) is 3.44. The van der Waals surface area contributed by atoms with E-state index in [0.29, 0.717) is 24.7 Å². The summed E-state index contributed by atoms with van der Waals surface area (Å²) < 4.78 is 8.10. The first-order valence-electron chi connectivity index (χ1n) is 10.8. The maximum atomic E-state index is 9.38. The van der Waals surface area contributed by atoms with E-state index in [2.05, 4.69) is 61.8 Å². The molecule has 4 heteroatoms. The molecule has 0 amide bonds. The number of hydrogen-bond acceptors (Lipinski definition) is 3. The maximum absolute atomic E-state index is 9.38. The molecule has 32 heavy (non-hydrogen) atoms. The fraction of sp³-hybridized carbons (Fsp3) is 0.214. The molecule has 0 aliphatic rings. The second-order valence-corrected chi connectivity index (χ2v) is 7.66. The lowest BCUT2D eigenvalue weighted by molar-refractivity contribution is 0.137. The number of nitrogens with zero attached hydrogens (tertiary/aromatic N) is 3. The molecule has 0 aliphatic heterocycles. The van der Waals surface area contributed by atoms with Gasteiger partial charge in [-0.05, 0) is 58.9 Å². The Labute approximate surface area is 190 Å². The van der Waals surface area contributed by atoms with Gasteiger partial charge in [-0.2, -0.15) is 5.26 Å². The van der Waals surface area contributed by atoms with Gasteiger partial charge in [-0.3, -0.25) is 0 Å². The first-order chi connectivity index (χ1) is 15.7. The summed E-state index contributed by atoms with van der Waals surface area (Å²) in [7, 11) is 0. The van der Waals surface area contributed by atoms with Crippen LogP contribution in [-0.4, -0.2) is 16.2 Å². The molecule has 162 valence electrons. The van der Waals surface area contributed by atoms with Crippen LogP contribution in [0.1, 0.15) is 31.4 Å². The van der Waals surface area contributed by atoms with E-state index in [1.54, 1.807) is 18.6 Å². The number of rotatable bonds is 10. The van der Waals surface area contributed by atoms with Crippen LogP contribution in [0.25, 0.3) is 16.8 Å². The molecular formula is C28H29N3O. The molecule has 0 saturated carbocycles. The van der Waals surface area contributed by atoms with Gasteiger partial charge in [-0.1, -0.05) is 62.9 Å². The Balaban J connectivity index is 1.80. The Kier molecular flexibility index (Phi) is 8.36. The van der Waals surface area contributed by atoms with Crippen LogP contribution in [-0.2, 0) is 11.3 Å². The summed E-state index contributed by atoms with van der Waals surface area (Å²) >= 11 is 0. The largest absolute Gasteiger partial charge is 0.372 e. The highest BCUT2D eigenvalue weighted by atomic mass is 16.5. The molecule has 3 aromatic rings. The average Bonchev–Trinajstić information content (AvgIpc) is 3.38. The van der Waals surface area contributed by atoms with Gasteiger partial charge in [0, 0.05) is 18.1 Å². The Morgan fingerprint density at radius 1 is 1.22 bits per heavy atom. The summed E-state index contributed by atoms with van der Waals surface area (Å²) in [6.45, 7) is 9.09. The van der Waals surface area contributed by atoms with Gasteiger partial charge in [0.2, 0.25) is 0 Å².